The summed E-state index contributed by atoms with van der Waals surface area (Å²) in [5.41, 5.74) is 0. The van der Waals surface area contributed by atoms with E-state index in [0.717, 1.165) is 69.8 Å². The highest BCUT2D eigenvalue weighted by atomic mass is 127. The van der Waals surface area contributed by atoms with Crippen molar-refractivity contribution in [3.8, 4) is 11.5 Å². The molecule has 1 aliphatic heterocycles. The first kappa shape index (κ1) is 24.8. The lowest BCUT2D eigenvalue weighted by Gasteiger charge is -2.26. The molecule has 7 nitrogen and oxygen atoms in total. The van der Waals surface area contributed by atoms with Gasteiger partial charge in [0.25, 0.3) is 0 Å². The lowest BCUT2D eigenvalue weighted by Crippen LogP contribution is -2.41. The van der Waals surface area contributed by atoms with Crippen molar-refractivity contribution in [3.05, 3.63) is 24.3 Å². The van der Waals surface area contributed by atoms with Crippen molar-refractivity contribution in [1.82, 2.24) is 15.5 Å². The molecule has 1 saturated heterocycles. The largest absolute Gasteiger partial charge is 0.497 e. The Hall–Kier alpha value is -1.26. The van der Waals surface area contributed by atoms with Crippen molar-refractivity contribution in [1.29, 1.82) is 0 Å². The Labute approximate surface area is 186 Å². The van der Waals surface area contributed by atoms with Crippen LogP contribution < -0.4 is 20.1 Å². The summed E-state index contributed by atoms with van der Waals surface area (Å²) in [6.07, 6.45) is 1.06. The van der Waals surface area contributed by atoms with Gasteiger partial charge in [-0.25, -0.2) is 4.99 Å². The number of guanidine groups is 1. The number of hydrogen-bond donors (Lipinski definition) is 2. The quantitative estimate of drug-likeness (QED) is 0.220. The van der Waals surface area contributed by atoms with E-state index in [1.54, 1.807) is 7.11 Å². The second kappa shape index (κ2) is 14.7. The average molecular weight is 506 g/mol. The number of nitrogens with one attached hydrogen (secondary N) is 2. The lowest BCUT2D eigenvalue weighted by atomic mass is 10.3. The monoisotopic (exact) mass is 506 g/mol. The van der Waals surface area contributed by atoms with Crippen LogP contribution in [0.25, 0.3) is 0 Å². The summed E-state index contributed by atoms with van der Waals surface area (Å²) < 4.78 is 16.5. The molecule has 160 valence electrons. The number of methoxy groups -OCH3 is 1. The van der Waals surface area contributed by atoms with Gasteiger partial charge < -0.3 is 24.8 Å². The minimum atomic E-state index is -0.0269. The predicted molar refractivity (Wildman–Crippen MR) is 124 cm³/mol. The van der Waals surface area contributed by atoms with E-state index in [-0.39, 0.29) is 30.1 Å². The molecule has 1 heterocycles. The first-order valence-corrected chi connectivity index (χ1v) is 9.84. The van der Waals surface area contributed by atoms with Gasteiger partial charge >= 0.3 is 0 Å². The van der Waals surface area contributed by atoms with Gasteiger partial charge in [0.05, 0.1) is 26.9 Å². The van der Waals surface area contributed by atoms with Gasteiger partial charge in [-0.15, -0.1) is 24.0 Å². The molecule has 1 aromatic carbocycles. The van der Waals surface area contributed by atoms with Gasteiger partial charge in [0.1, 0.15) is 17.6 Å². The molecule has 0 spiro atoms. The summed E-state index contributed by atoms with van der Waals surface area (Å²) in [5, 5.41) is 6.69. The zero-order valence-corrected chi connectivity index (χ0v) is 19.6. The molecule has 0 radical (unpaired) electrons. The van der Waals surface area contributed by atoms with E-state index in [0.29, 0.717) is 6.54 Å². The molecule has 0 aliphatic carbocycles. The highest BCUT2D eigenvalue weighted by Gasteiger charge is 2.09. The number of nitrogens with zero attached hydrogens (tertiary/aromatic N) is 2. The SMILES string of the molecule is CCNC(=NCC(C)Oc1cccc(OC)c1)NCCCN1CCOCC1.I. The number of morpholine rings is 1. The second-order valence-electron chi connectivity index (χ2n) is 6.56. The molecular formula is C20H35IN4O3. The Kier molecular flexibility index (Phi) is 13.0. The van der Waals surface area contributed by atoms with E-state index in [1.807, 2.05) is 31.2 Å². The molecule has 0 bridgehead atoms. The molecule has 2 N–H and O–H groups in total. The summed E-state index contributed by atoms with van der Waals surface area (Å²) in [4.78, 5) is 7.08. The first-order chi connectivity index (χ1) is 13.2. The fourth-order valence-electron chi connectivity index (χ4n) is 2.84. The van der Waals surface area contributed by atoms with Crippen LogP contribution in [0.1, 0.15) is 20.3 Å². The number of halogens is 1. The fraction of sp³-hybridized carbons (Fsp3) is 0.650. The van der Waals surface area contributed by atoms with Gasteiger partial charge in [-0.3, -0.25) is 4.90 Å². The minimum Gasteiger partial charge on any atom is -0.497 e. The van der Waals surface area contributed by atoms with Crippen molar-refractivity contribution in [2.24, 2.45) is 4.99 Å². The molecule has 28 heavy (non-hydrogen) atoms. The fourth-order valence-corrected chi connectivity index (χ4v) is 2.84. The smallest absolute Gasteiger partial charge is 0.191 e. The summed E-state index contributed by atoms with van der Waals surface area (Å²) in [7, 11) is 1.65. The molecule has 1 aliphatic rings. The van der Waals surface area contributed by atoms with Crippen LogP contribution in [0.2, 0.25) is 0 Å². The lowest BCUT2D eigenvalue weighted by molar-refractivity contribution is 0.0376. The normalized spacial score (nSPS) is 16.0. The number of hydrogen-bond acceptors (Lipinski definition) is 5. The zero-order valence-electron chi connectivity index (χ0n) is 17.3. The third-order valence-corrected chi connectivity index (χ3v) is 4.28. The van der Waals surface area contributed by atoms with Crippen molar-refractivity contribution >= 4 is 29.9 Å². The third kappa shape index (κ3) is 9.79. The van der Waals surface area contributed by atoms with E-state index in [9.17, 15) is 0 Å². The Bertz CT molecular complexity index is 568. The summed E-state index contributed by atoms with van der Waals surface area (Å²) in [5.74, 6) is 2.42. The molecule has 1 aromatic rings. The molecular weight excluding hydrogens is 471 g/mol. The molecule has 0 saturated carbocycles. The number of rotatable bonds is 10. The maximum Gasteiger partial charge on any atom is 0.191 e. The second-order valence-corrected chi connectivity index (χ2v) is 6.56. The Morgan fingerprint density at radius 3 is 2.71 bits per heavy atom. The maximum atomic E-state index is 5.93. The Morgan fingerprint density at radius 2 is 2.00 bits per heavy atom. The van der Waals surface area contributed by atoms with Crippen molar-refractivity contribution in [3.63, 3.8) is 0 Å². The van der Waals surface area contributed by atoms with Crippen molar-refractivity contribution < 1.29 is 14.2 Å². The van der Waals surface area contributed by atoms with E-state index < -0.39 is 0 Å². The highest BCUT2D eigenvalue weighted by Crippen LogP contribution is 2.19. The van der Waals surface area contributed by atoms with E-state index >= 15 is 0 Å². The Morgan fingerprint density at radius 1 is 1.25 bits per heavy atom. The van der Waals surface area contributed by atoms with E-state index in [1.165, 1.54) is 0 Å². The average Bonchev–Trinajstić information content (AvgIpc) is 2.70. The molecule has 8 heteroatoms. The van der Waals surface area contributed by atoms with E-state index in [4.69, 9.17) is 14.2 Å². The van der Waals surface area contributed by atoms with Gasteiger partial charge in [0.2, 0.25) is 0 Å². The Balaban J connectivity index is 0.00000392. The third-order valence-electron chi connectivity index (χ3n) is 4.28. The predicted octanol–water partition coefficient (Wildman–Crippen LogP) is 2.36. The molecule has 0 aromatic heterocycles. The molecule has 0 amide bonds. The van der Waals surface area contributed by atoms with Gasteiger partial charge in [0, 0.05) is 32.2 Å². The van der Waals surface area contributed by atoms with Gasteiger partial charge in [0.15, 0.2) is 5.96 Å². The molecule has 1 unspecified atom stereocenters. The van der Waals surface area contributed by atoms with Crippen LogP contribution in [0.5, 0.6) is 11.5 Å². The van der Waals surface area contributed by atoms with Crippen LogP contribution in [-0.4, -0.2) is 76.6 Å². The van der Waals surface area contributed by atoms with Crippen molar-refractivity contribution in [2.75, 3.05) is 59.6 Å². The summed E-state index contributed by atoms with van der Waals surface area (Å²) >= 11 is 0. The maximum absolute atomic E-state index is 5.93. The van der Waals surface area contributed by atoms with Crippen molar-refractivity contribution in [2.45, 2.75) is 26.4 Å². The number of ether oxygens (including phenoxy) is 3. The van der Waals surface area contributed by atoms with Crippen LogP contribution >= 0.6 is 24.0 Å². The van der Waals surface area contributed by atoms with Crippen LogP contribution in [0.3, 0.4) is 0 Å². The minimum absolute atomic E-state index is 0. The number of aliphatic imine (C=N–C) groups is 1. The van der Waals surface area contributed by atoms with Crippen LogP contribution in [0, 0.1) is 0 Å². The molecule has 2 rings (SSSR count). The summed E-state index contributed by atoms with van der Waals surface area (Å²) in [6, 6.07) is 7.64. The molecule has 1 fully saturated rings. The standard InChI is InChI=1S/C20H34N4O3.HI/c1-4-21-20(22-9-6-10-24-11-13-26-14-12-24)23-16-17(2)27-19-8-5-7-18(15-19)25-3;/h5,7-8,15,17H,4,6,9-14,16H2,1-3H3,(H2,21,22,23);1H. The van der Waals surface area contributed by atoms with Crippen LogP contribution in [0.15, 0.2) is 29.3 Å². The molecule has 1 atom stereocenters. The summed E-state index contributed by atoms with van der Waals surface area (Å²) in [6.45, 7) is 11.3. The number of benzene rings is 1. The van der Waals surface area contributed by atoms with Gasteiger partial charge in [-0.1, -0.05) is 6.07 Å². The van der Waals surface area contributed by atoms with Crippen LogP contribution in [-0.2, 0) is 4.74 Å². The topological polar surface area (TPSA) is 67.4 Å². The van der Waals surface area contributed by atoms with Gasteiger partial charge in [-0.2, -0.15) is 0 Å². The van der Waals surface area contributed by atoms with Crippen LogP contribution in [0.4, 0.5) is 0 Å². The van der Waals surface area contributed by atoms with E-state index in [2.05, 4.69) is 27.4 Å². The zero-order chi connectivity index (χ0) is 19.3. The highest BCUT2D eigenvalue weighted by molar-refractivity contribution is 14.0. The first-order valence-electron chi connectivity index (χ1n) is 9.84. The van der Waals surface area contributed by atoms with Gasteiger partial charge in [-0.05, 0) is 38.9 Å².